The van der Waals surface area contributed by atoms with E-state index in [1.807, 2.05) is 0 Å². The highest BCUT2D eigenvalue weighted by atomic mass is 32.1. The van der Waals surface area contributed by atoms with Crippen molar-refractivity contribution in [2.24, 2.45) is 0 Å². The summed E-state index contributed by atoms with van der Waals surface area (Å²) in [4.78, 5) is 4.76. The van der Waals surface area contributed by atoms with Crippen LogP contribution < -0.4 is 10.5 Å². The van der Waals surface area contributed by atoms with Crippen molar-refractivity contribution in [1.82, 2.24) is 4.98 Å². The molecule has 2 rings (SSSR count). The van der Waals surface area contributed by atoms with Crippen molar-refractivity contribution in [1.29, 1.82) is 0 Å². The summed E-state index contributed by atoms with van der Waals surface area (Å²) in [6.45, 7) is 1.74. The number of hydrogen-bond donors (Lipinski definition) is 1. The molecule has 0 spiro atoms. The van der Waals surface area contributed by atoms with Crippen molar-refractivity contribution in [3.63, 3.8) is 0 Å². The lowest BCUT2D eigenvalue weighted by Gasteiger charge is -2.12. The first-order chi connectivity index (χ1) is 8.37. The Morgan fingerprint density at radius 2 is 1.94 bits per heavy atom. The number of aryl methyl sites for hydroxylation is 1. The lowest BCUT2D eigenvalue weighted by atomic mass is 10.1. The highest BCUT2D eigenvalue weighted by Crippen LogP contribution is 2.36. The van der Waals surface area contributed by atoms with Crippen LogP contribution in [0.25, 0.3) is 11.3 Å². The lowest BCUT2D eigenvalue weighted by Crippen LogP contribution is -2.17. The van der Waals surface area contributed by atoms with Gasteiger partial charge < -0.3 is 10.5 Å². The number of rotatable bonds is 2. The topological polar surface area (TPSA) is 48.1 Å². The fraction of sp³-hybridized carbons (Fsp3) is 0.182. The molecule has 0 saturated carbocycles. The molecule has 1 aromatic heterocycles. The van der Waals surface area contributed by atoms with Gasteiger partial charge >= 0.3 is 6.36 Å². The number of alkyl halides is 3. The van der Waals surface area contributed by atoms with E-state index in [1.54, 1.807) is 13.0 Å². The van der Waals surface area contributed by atoms with Crippen molar-refractivity contribution < 1.29 is 17.9 Å². The Balaban J connectivity index is 2.48. The molecular formula is C11H9F3N2OS. The zero-order valence-electron chi connectivity index (χ0n) is 9.28. The predicted octanol–water partition coefficient (Wildman–Crippen LogP) is 3.60. The Labute approximate surface area is 105 Å². The molecule has 0 fully saturated rings. The number of thiazole rings is 1. The van der Waals surface area contributed by atoms with Gasteiger partial charge in [-0.15, -0.1) is 24.5 Å². The number of ether oxygens (including phenoxy) is 1. The molecule has 3 nitrogen and oxygen atoms in total. The first-order valence-corrected chi connectivity index (χ1v) is 5.76. The summed E-state index contributed by atoms with van der Waals surface area (Å²) in [5.74, 6) is -0.279. The molecule has 0 unspecified atom stereocenters. The van der Waals surface area contributed by atoms with E-state index in [2.05, 4.69) is 9.72 Å². The van der Waals surface area contributed by atoms with E-state index in [9.17, 15) is 13.2 Å². The van der Waals surface area contributed by atoms with E-state index in [0.29, 0.717) is 10.8 Å². The largest absolute Gasteiger partial charge is 0.573 e. The number of hydrogen-bond acceptors (Lipinski definition) is 4. The first kappa shape index (κ1) is 12.7. The van der Waals surface area contributed by atoms with Crippen molar-refractivity contribution >= 4 is 16.5 Å². The number of nitrogens with zero attached hydrogens (tertiary/aromatic N) is 1. The third kappa shape index (κ3) is 2.73. The summed E-state index contributed by atoms with van der Waals surface area (Å²) in [5.41, 5.74) is 6.23. The highest BCUT2D eigenvalue weighted by Gasteiger charge is 2.32. The van der Waals surface area contributed by atoms with Crippen molar-refractivity contribution in [3.8, 4) is 17.0 Å². The van der Waals surface area contributed by atoms with Crippen molar-refractivity contribution in [3.05, 3.63) is 29.1 Å². The van der Waals surface area contributed by atoms with E-state index < -0.39 is 6.36 Å². The van der Waals surface area contributed by atoms with Crippen molar-refractivity contribution in [2.45, 2.75) is 13.3 Å². The fourth-order valence-electron chi connectivity index (χ4n) is 1.54. The number of anilines is 1. The maximum Gasteiger partial charge on any atom is 0.573 e. The van der Waals surface area contributed by atoms with Gasteiger partial charge in [-0.05, 0) is 19.1 Å². The molecule has 0 radical (unpaired) electrons. The second kappa shape index (κ2) is 4.49. The molecule has 18 heavy (non-hydrogen) atoms. The molecular weight excluding hydrogens is 265 g/mol. The summed E-state index contributed by atoms with van der Waals surface area (Å²) in [5, 5.41) is 0.310. The molecule has 0 amide bonds. The summed E-state index contributed by atoms with van der Waals surface area (Å²) < 4.78 is 40.8. The van der Waals surface area contributed by atoms with Crippen LogP contribution in [0, 0.1) is 6.92 Å². The van der Waals surface area contributed by atoms with E-state index in [1.165, 1.54) is 29.5 Å². The molecule has 1 heterocycles. The molecule has 0 aliphatic carbocycles. The molecule has 0 saturated heterocycles. The average molecular weight is 274 g/mol. The summed E-state index contributed by atoms with van der Waals surface area (Å²) >= 11 is 1.22. The van der Waals surface area contributed by atoms with Gasteiger partial charge in [0.2, 0.25) is 0 Å². The predicted molar refractivity (Wildman–Crippen MR) is 63.4 cm³/mol. The summed E-state index contributed by atoms with van der Waals surface area (Å²) in [6, 6.07) is 5.85. The second-order valence-corrected chi connectivity index (χ2v) is 4.74. The molecule has 0 aliphatic heterocycles. The van der Waals surface area contributed by atoms with Crippen LogP contribution in [0.3, 0.4) is 0 Å². The van der Waals surface area contributed by atoms with Gasteiger partial charge in [-0.25, -0.2) is 4.98 Å². The molecule has 2 N–H and O–H groups in total. The number of halogens is 3. The fourth-order valence-corrected chi connectivity index (χ4v) is 2.25. The zero-order valence-corrected chi connectivity index (χ0v) is 10.1. The molecule has 0 atom stereocenters. The molecule has 1 aromatic carbocycles. The second-order valence-electron chi connectivity index (χ2n) is 3.50. The van der Waals surface area contributed by atoms with Crippen LogP contribution in [-0.2, 0) is 0 Å². The Bertz CT molecular complexity index is 566. The Morgan fingerprint density at radius 1 is 1.28 bits per heavy atom. The Hall–Kier alpha value is -1.76. The minimum Gasteiger partial charge on any atom is -0.405 e. The Kier molecular flexibility index (Phi) is 3.16. The third-order valence-corrected chi connectivity index (χ3v) is 2.98. The average Bonchev–Trinajstić information content (AvgIpc) is 2.56. The van der Waals surface area contributed by atoms with Gasteiger partial charge in [0, 0.05) is 10.4 Å². The lowest BCUT2D eigenvalue weighted by molar-refractivity contribution is -0.274. The third-order valence-electron chi connectivity index (χ3n) is 2.18. The van der Waals surface area contributed by atoms with E-state index in [4.69, 9.17) is 5.73 Å². The van der Waals surface area contributed by atoms with Crippen LogP contribution in [0.2, 0.25) is 0 Å². The van der Waals surface area contributed by atoms with Gasteiger partial charge in [0.25, 0.3) is 0 Å². The number of para-hydroxylation sites is 1. The van der Waals surface area contributed by atoms with Crippen LogP contribution in [0.1, 0.15) is 4.88 Å². The minimum absolute atomic E-state index is 0.278. The SMILES string of the molecule is Cc1sc(N)nc1-c1ccccc1OC(F)(F)F. The van der Waals surface area contributed by atoms with Gasteiger partial charge in [-0.3, -0.25) is 0 Å². The number of benzene rings is 1. The first-order valence-electron chi connectivity index (χ1n) is 4.95. The maximum atomic E-state index is 12.3. The summed E-state index contributed by atoms with van der Waals surface area (Å²) in [6.07, 6.45) is -4.73. The number of aromatic nitrogens is 1. The van der Waals surface area contributed by atoms with Crippen LogP contribution in [-0.4, -0.2) is 11.3 Å². The van der Waals surface area contributed by atoms with Crippen LogP contribution in [0.15, 0.2) is 24.3 Å². The smallest absolute Gasteiger partial charge is 0.405 e. The van der Waals surface area contributed by atoms with E-state index >= 15 is 0 Å². The highest BCUT2D eigenvalue weighted by molar-refractivity contribution is 7.15. The van der Waals surface area contributed by atoms with Gasteiger partial charge in [-0.2, -0.15) is 0 Å². The van der Waals surface area contributed by atoms with Crippen LogP contribution >= 0.6 is 11.3 Å². The quantitative estimate of drug-likeness (QED) is 0.910. The molecule has 96 valence electrons. The molecule has 0 bridgehead atoms. The molecule has 7 heteroatoms. The van der Waals surface area contributed by atoms with Gasteiger partial charge in [0.15, 0.2) is 5.13 Å². The molecule has 0 aliphatic rings. The Morgan fingerprint density at radius 3 is 2.50 bits per heavy atom. The molecule has 2 aromatic rings. The zero-order chi connectivity index (χ0) is 13.3. The number of nitrogen functional groups attached to an aromatic ring is 1. The number of nitrogens with two attached hydrogens (primary N) is 1. The van der Waals surface area contributed by atoms with E-state index in [0.717, 1.165) is 4.88 Å². The van der Waals surface area contributed by atoms with Crippen molar-refractivity contribution in [2.75, 3.05) is 5.73 Å². The van der Waals surface area contributed by atoms with Gasteiger partial charge in [-0.1, -0.05) is 12.1 Å². The monoisotopic (exact) mass is 274 g/mol. The van der Waals surface area contributed by atoms with Gasteiger partial charge in [0.05, 0.1) is 5.69 Å². The minimum atomic E-state index is -4.73. The van der Waals surface area contributed by atoms with Crippen LogP contribution in [0.4, 0.5) is 18.3 Å². The standard InChI is InChI=1S/C11H9F3N2OS/c1-6-9(16-10(15)18-6)7-4-2-3-5-8(7)17-11(12,13)14/h2-5H,1H3,(H2,15,16). The summed E-state index contributed by atoms with van der Waals surface area (Å²) in [7, 11) is 0. The van der Waals surface area contributed by atoms with Crippen LogP contribution in [0.5, 0.6) is 5.75 Å². The van der Waals surface area contributed by atoms with Gasteiger partial charge in [0.1, 0.15) is 5.75 Å². The van der Waals surface area contributed by atoms with E-state index in [-0.39, 0.29) is 11.3 Å². The maximum absolute atomic E-state index is 12.3. The normalized spacial score (nSPS) is 11.6.